The Bertz CT molecular complexity index is 1120. The molecule has 1 aliphatic heterocycles. The summed E-state index contributed by atoms with van der Waals surface area (Å²) in [5.74, 6) is 0.640. The number of rotatable bonds is 5. The van der Waals surface area contributed by atoms with Crippen LogP contribution in [-0.2, 0) is 22.0 Å². The lowest BCUT2D eigenvalue weighted by Gasteiger charge is -2.36. The molecule has 1 unspecified atom stereocenters. The number of benzene rings is 1. The largest absolute Gasteiger partial charge is 0.496 e. The molecule has 4 rings (SSSR count). The molecule has 148 valence electrons. The molecule has 2 heterocycles. The van der Waals surface area contributed by atoms with Crippen LogP contribution in [0.5, 0.6) is 11.5 Å². The number of hydrogen-bond donors (Lipinski definition) is 0. The number of nitrogens with zero attached hydrogens (tertiary/aromatic N) is 1. The summed E-state index contributed by atoms with van der Waals surface area (Å²) in [7, 11) is -2.26. The summed E-state index contributed by atoms with van der Waals surface area (Å²) in [5, 5.41) is 0. The summed E-state index contributed by atoms with van der Waals surface area (Å²) in [6.45, 7) is 0. The quantitative estimate of drug-likeness (QED) is 0.712. The predicted octanol–water partition coefficient (Wildman–Crippen LogP) is 3.13. The van der Waals surface area contributed by atoms with Crippen LogP contribution in [0.2, 0.25) is 0 Å². The van der Waals surface area contributed by atoms with E-state index in [2.05, 4.69) is 0 Å². The van der Waals surface area contributed by atoms with Crippen LogP contribution in [0.3, 0.4) is 0 Å². The van der Waals surface area contributed by atoms with Crippen molar-refractivity contribution in [2.45, 2.75) is 37.5 Å². The summed E-state index contributed by atoms with van der Waals surface area (Å²) < 4.78 is 39.5. The first-order chi connectivity index (χ1) is 13.3. The molecule has 0 bridgehead atoms. The zero-order chi connectivity index (χ0) is 19.9. The van der Waals surface area contributed by atoms with Crippen LogP contribution >= 0.6 is 0 Å². The third kappa shape index (κ3) is 3.11. The predicted molar refractivity (Wildman–Crippen MR) is 104 cm³/mol. The molecule has 28 heavy (non-hydrogen) atoms. The van der Waals surface area contributed by atoms with E-state index in [1.807, 2.05) is 18.2 Å². The maximum atomic E-state index is 12.3. The Balaban J connectivity index is 1.87. The fourth-order valence-electron chi connectivity index (χ4n) is 4.30. The SMILES string of the molecule is COc1cccc2c1C1(Cc3occc(=O)c3OS(C)(=O)=O)CCCCC1=N2. The lowest BCUT2D eigenvalue weighted by molar-refractivity contribution is 0.361. The highest BCUT2D eigenvalue weighted by Crippen LogP contribution is 2.53. The monoisotopic (exact) mass is 403 g/mol. The minimum Gasteiger partial charge on any atom is -0.496 e. The van der Waals surface area contributed by atoms with Crippen molar-refractivity contribution >= 4 is 21.5 Å². The van der Waals surface area contributed by atoms with E-state index in [1.54, 1.807) is 7.11 Å². The Morgan fingerprint density at radius 3 is 2.82 bits per heavy atom. The summed E-state index contributed by atoms with van der Waals surface area (Å²) in [5.41, 5.74) is 1.78. The molecule has 0 radical (unpaired) electrons. The normalized spacial score (nSPS) is 20.9. The van der Waals surface area contributed by atoms with Gasteiger partial charge in [-0.15, -0.1) is 0 Å². The molecule has 0 N–H and O–H groups in total. The first-order valence-corrected chi connectivity index (χ1v) is 10.9. The Morgan fingerprint density at radius 1 is 1.25 bits per heavy atom. The molecule has 0 saturated heterocycles. The van der Waals surface area contributed by atoms with Gasteiger partial charge in [0.2, 0.25) is 11.2 Å². The topological polar surface area (TPSA) is 95.2 Å². The summed E-state index contributed by atoms with van der Waals surface area (Å²) >= 11 is 0. The second-order valence-corrected chi connectivity index (χ2v) is 8.78. The van der Waals surface area contributed by atoms with E-state index in [0.717, 1.165) is 60.7 Å². The lowest BCUT2D eigenvalue weighted by atomic mass is 9.66. The van der Waals surface area contributed by atoms with Crippen LogP contribution in [-0.4, -0.2) is 27.5 Å². The fourth-order valence-corrected chi connectivity index (χ4v) is 4.78. The number of aliphatic imine (C=N–C) groups is 1. The van der Waals surface area contributed by atoms with Gasteiger partial charge in [0.05, 0.1) is 25.3 Å². The summed E-state index contributed by atoms with van der Waals surface area (Å²) in [6, 6.07) is 6.89. The molecule has 8 heteroatoms. The van der Waals surface area contributed by atoms with Gasteiger partial charge < -0.3 is 13.3 Å². The zero-order valence-electron chi connectivity index (χ0n) is 15.7. The van der Waals surface area contributed by atoms with Crippen molar-refractivity contribution in [1.82, 2.24) is 0 Å². The zero-order valence-corrected chi connectivity index (χ0v) is 16.5. The van der Waals surface area contributed by atoms with Gasteiger partial charge in [0, 0.05) is 29.2 Å². The molecule has 1 aliphatic carbocycles. The van der Waals surface area contributed by atoms with Crippen LogP contribution in [0.15, 0.2) is 44.7 Å². The summed E-state index contributed by atoms with van der Waals surface area (Å²) in [6.07, 6.45) is 6.09. The van der Waals surface area contributed by atoms with Gasteiger partial charge in [0.1, 0.15) is 5.75 Å². The maximum absolute atomic E-state index is 12.3. The van der Waals surface area contributed by atoms with Crippen molar-refractivity contribution in [3.8, 4) is 11.5 Å². The van der Waals surface area contributed by atoms with Crippen LogP contribution in [0.4, 0.5) is 5.69 Å². The van der Waals surface area contributed by atoms with E-state index < -0.39 is 21.0 Å². The van der Waals surface area contributed by atoms with Crippen molar-refractivity contribution in [1.29, 1.82) is 0 Å². The minimum absolute atomic E-state index is 0.200. The van der Waals surface area contributed by atoms with Crippen LogP contribution in [0.1, 0.15) is 37.0 Å². The van der Waals surface area contributed by atoms with Crippen molar-refractivity contribution in [3.05, 3.63) is 52.1 Å². The van der Waals surface area contributed by atoms with Gasteiger partial charge in [-0.3, -0.25) is 9.79 Å². The highest BCUT2D eigenvalue weighted by atomic mass is 32.2. The average Bonchev–Trinajstić information content (AvgIpc) is 2.98. The molecule has 0 amide bonds. The van der Waals surface area contributed by atoms with Gasteiger partial charge in [-0.25, -0.2) is 0 Å². The second kappa shape index (κ2) is 6.77. The minimum atomic E-state index is -3.88. The molecule has 0 spiro atoms. The standard InChI is InChI=1S/C20H21NO6S/c1-25-15-7-5-6-13-18(15)20(10-4-3-8-17(20)21-13)12-16-19(27-28(2,23)24)14(22)9-11-26-16/h5-7,9,11H,3-4,8,10,12H2,1-2H3. The van der Waals surface area contributed by atoms with Crippen LogP contribution < -0.4 is 14.3 Å². The van der Waals surface area contributed by atoms with Crippen molar-refractivity contribution in [3.63, 3.8) is 0 Å². The van der Waals surface area contributed by atoms with Gasteiger partial charge >= 0.3 is 10.1 Å². The summed E-state index contributed by atoms with van der Waals surface area (Å²) in [4.78, 5) is 17.1. The molecule has 2 aliphatic rings. The highest BCUT2D eigenvalue weighted by Gasteiger charge is 2.48. The van der Waals surface area contributed by atoms with Crippen molar-refractivity contribution in [2.24, 2.45) is 4.99 Å². The highest BCUT2D eigenvalue weighted by molar-refractivity contribution is 7.86. The molecule has 2 aromatic rings. The average molecular weight is 403 g/mol. The van der Waals surface area contributed by atoms with Gasteiger partial charge in [0.25, 0.3) is 0 Å². The number of hydrogen-bond acceptors (Lipinski definition) is 7. The van der Waals surface area contributed by atoms with E-state index in [1.165, 1.54) is 6.26 Å². The maximum Gasteiger partial charge on any atom is 0.306 e. The van der Waals surface area contributed by atoms with Gasteiger partial charge in [0.15, 0.2) is 5.76 Å². The van der Waals surface area contributed by atoms with E-state index in [0.29, 0.717) is 0 Å². The Kier molecular flexibility index (Phi) is 4.53. The van der Waals surface area contributed by atoms with Crippen LogP contribution in [0, 0.1) is 0 Å². The van der Waals surface area contributed by atoms with Gasteiger partial charge in [-0.2, -0.15) is 8.42 Å². The Labute approximate surface area is 163 Å². The van der Waals surface area contributed by atoms with E-state index in [9.17, 15) is 13.2 Å². The fraction of sp³-hybridized carbons (Fsp3) is 0.400. The molecule has 1 aromatic carbocycles. The van der Waals surface area contributed by atoms with E-state index in [4.69, 9.17) is 18.3 Å². The van der Waals surface area contributed by atoms with Gasteiger partial charge in [-0.05, 0) is 31.4 Å². The van der Waals surface area contributed by atoms with Crippen molar-refractivity contribution in [2.75, 3.05) is 13.4 Å². The molecular formula is C20H21NO6S. The first kappa shape index (κ1) is 18.7. The third-order valence-electron chi connectivity index (χ3n) is 5.38. The number of ether oxygens (including phenoxy) is 1. The van der Waals surface area contributed by atoms with E-state index in [-0.39, 0.29) is 17.9 Å². The Hall–Kier alpha value is -2.61. The number of fused-ring (bicyclic) bond motifs is 3. The molecular weight excluding hydrogens is 382 g/mol. The molecule has 1 fully saturated rings. The second-order valence-electron chi connectivity index (χ2n) is 7.20. The third-order valence-corrected chi connectivity index (χ3v) is 5.85. The smallest absolute Gasteiger partial charge is 0.306 e. The van der Waals surface area contributed by atoms with Crippen molar-refractivity contribution < 1.29 is 21.8 Å². The number of methoxy groups -OCH3 is 1. The lowest BCUT2D eigenvalue weighted by Crippen LogP contribution is -2.39. The molecule has 7 nitrogen and oxygen atoms in total. The van der Waals surface area contributed by atoms with Gasteiger partial charge in [-0.1, -0.05) is 12.5 Å². The molecule has 1 atom stereocenters. The first-order valence-electron chi connectivity index (χ1n) is 9.10. The van der Waals surface area contributed by atoms with Crippen LogP contribution in [0.25, 0.3) is 0 Å². The molecule has 1 saturated carbocycles. The molecule has 1 aromatic heterocycles. The van der Waals surface area contributed by atoms with E-state index >= 15 is 0 Å². The Morgan fingerprint density at radius 2 is 2.07 bits per heavy atom.